The molecular formula is C27H32N4O8S2. The Morgan fingerprint density at radius 3 is 2.29 bits per heavy atom. The van der Waals surface area contributed by atoms with Crippen LogP contribution in [-0.2, 0) is 30.8 Å². The van der Waals surface area contributed by atoms with Crippen LogP contribution >= 0.6 is 11.8 Å². The van der Waals surface area contributed by atoms with Crippen molar-refractivity contribution in [3.8, 4) is 5.75 Å². The summed E-state index contributed by atoms with van der Waals surface area (Å²) >= 11 is 1.78. The zero-order chi connectivity index (χ0) is 29.6. The summed E-state index contributed by atoms with van der Waals surface area (Å²) < 4.78 is 38.0. The third kappa shape index (κ3) is 7.37. The first-order valence-corrected chi connectivity index (χ1v) is 15.6. The average molecular weight is 605 g/mol. The van der Waals surface area contributed by atoms with Crippen LogP contribution in [0.1, 0.15) is 28.8 Å². The minimum Gasteiger partial charge on any atom is -0.467 e. The van der Waals surface area contributed by atoms with Gasteiger partial charge < -0.3 is 25.4 Å². The Hall–Kier alpha value is -3.62. The number of hydrogen-bond donors (Lipinski definition) is 2. The van der Waals surface area contributed by atoms with Crippen molar-refractivity contribution in [1.29, 1.82) is 0 Å². The summed E-state index contributed by atoms with van der Waals surface area (Å²) in [6, 6.07) is 9.63. The fourth-order valence-electron chi connectivity index (χ4n) is 4.66. The second kappa shape index (κ2) is 13.4. The fourth-order valence-corrected chi connectivity index (χ4v) is 7.22. The van der Waals surface area contributed by atoms with Crippen LogP contribution < -0.4 is 15.8 Å². The molecule has 3 N–H and O–H groups in total. The number of nitrogens with zero attached hydrogens (tertiary/aromatic N) is 2. The molecule has 2 atom stereocenters. The van der Waals surface area contributed by atoms with E-state index in [0.29, 0.717) is 30.8 Å². The summed E-state index contributed by atoms with van der Waals surface area (Å²) in [5.74, 6) is 0.0821. The molecule has 0 radical (unpaired) electrons. The molecule has 0 aliphatic carbocycles. The largest absolute Gasteiger partial charge is 0.467 e. The normalized spacial score (nSPS) is 18.4. The molecule has 0 unspecified atom stereocenters. The molecule has 41 heavy (non-hydrogen) atoms. The van der Waals surface area contributed by atoms with Gasteiger partial charge >= 0.3 is 12.1 Å². The van der Waals surface area contributed by atoms with Gasteiger partial charge in [0.15, 0.2) is 0 Å². The lowest BCUT2D eigenvalue weighted by atomic mass is 10.0. The van der Waals surface area contributed by atoms with Crippen LogP contribution in [0.4, 0.5) is 4.79 Å². The number of hydrogen-bond acceptors (Lipinski definition) is 9. The van der Waals surface area contributed by atoms with Crippen molar-refractivity contribution in [2.24, 2.45) is 5.73 Å². The quantitative estimate of drug-likeness (QED) is 0.402. The van der Waals surface area contributed by atoms with Gasteiger partial charge in [0.2, 0.25) is 21.8 Å². The number of thioether (sulfide) groups is 1. The monoisotopic (exact) mass is 604 g/mol. The van der Waals surface area contributed by atoms with E-state index in [1.165, 1.54) is 31.4 Å². The van der Waals surface area contributed by atoms with Gasteiger partial charge in [-0.25, -0.2) is 18.0 Å². The zero-order valence-electron chi connectivity index (χ0n) is 22.5. The Morgan fingerprint density at radius 1 is 1.02 bits per heavy atom. The zero-order valence-corrected chi connectivity index (χ0v) is 24.1. The van der Waals surface area contributed by atoms with Crippen molar-refractivity contribution >= 4 is 45.7 Å². The molecule has 0 spiro atoms. The Morgan fingerprint density at radius 2 is 1.68 bits per heavy atom. The van der Waals surface area contributed by atoms with E-state index < -0.39 is 46.0 Å². The average Bonchev–Trinajstić information content (AvgIpc) is 3.49. The fraction of sp³-hybridized carbons (Fsp3) is 0.407. The van der Waals surface area contributed by atoms with E-state index in [9.17, 15) is 27.6 Å². The van der Waals surface area contributed by atoms with Crippen molar-refractivity contribution < 1.29 is 37.1 Å². The van der Waals surface area contributed by atoms with E-state index in [2.05, 4.69) is 5.32 Å². The van der Waals surface area contributed by atoms with Gasteiger partial charge in [-0.05, 0) is 54.8 Å². The number of benzene rings is 2. The number of nitrogens with two attached hydrogens (primary N) is 1. The molecule has 2 aliphatic rings. The van der Waals surface area contributed by atoms with Crippen molar-refractivity contribution in [3.05, 3.63) is 59.7 Å². The second-order valence-corrected chi connectivity index (χ2v) is 12.7. The van der Waals surface area contributed by atoms with Crippen LogP contribution in [0.15, 0.2) is 53.4 Å². The van der Waals surface area contributed by atoms with Crippen molar-refractivity contribution in [2.75, 3.05) is 38.2 Å². The molecule has 2 heterocycles. The molecular weight excluding hydrogens is 572 g/mol. The topological polar surface area (TPSA) is 165 Å². The predicted octanol–water partition coefficient (Wildman–Crippen LogP) is 1.39. The summed E-state index contributed by atoms with van der Waals surface area (Å²) in [5.41, 5.74) is 6.06. The molecule has 14 heteroatoms. The SMILES string of the molecule is COC(=O)[C@H](Cc1ccc(OC(=O)N2CCSCC2)cc1)NC(=O)[C@@H]1CCCN1S(=O)(=O)c1ccc(C(N)=O)cc1. The molecule has 2 saturated heterocycles. The summed E-state index contributed by atoms with van der Waals surface area (Å²) in [6.07, 6.45) is 0.381. The molecule has 220 valence electrons. The van der Waals surface area contributed by atoms with Crippen LogP contribution in [0.25, 0.3) is 0 Å². The van der Waals surface area contributed by atoms with Gasteiger partial charge in [-0.3, -0.25) is 9.59 Å². The van der Waals surface area contributed by atoms with Gasteiger partial charge in [-0.2, -0.15) is 16.1 Å². The minimum absolute atomic E-state index is 0.0734. The smallest absolute Gasteiger partial charge is 0.415 e. The van der Waals surface area contributed by atoms with Crippen LogP contribution in [0, 0.1) is 0 Å². The maximum absolute atomic E-state index is 13.3. The number of ether oxygens (including phenoxy) is 2. The number of carbonyl (C=O) groups excluding carboxylic acids is 4. The summed E-state index contributed by atoms with van der Waals surface area (Å²) in [7, 11) is -2.86. The number of primary amides is 1. The highest BCUT2D eigenvalue weighted by molar-refractivity contribution is 7.99. The third-order valence-electron chi connectivity index (χ3n) is 6.89. The van der Waals surface area contributed by atoms with E-state index in [0.717, 1.165) is 15.8 Å². The summed E-state index contributed by atoms with van der Waals surface area (Å²) in [5, 5.41) is 2.65. The third-order valence-corrected chi connectivity index (χ3v) is 9.76. The highest BCUT2D eigenvalue weighted by Gasteiger charge is 2.40. The summed E-state index contributed by atoms with van der Waals surface area (Å²) in [6.45, 7) is 1.38. The van der Waals surface area contributed by atoms with Crippen LogP contribution in [0.2, 0.25) is 0 Å². The summed E-state index contributed by atoms with van der Waals surface area (Å²) in [4.78, 5) is 51.1. The minimum atomic E-state index is -4.06. The van der Waals surface area contributed by atoms with Crippen molar-refractivity contribution in [2.45, 2.75) is 36.2 Å². The molecule has 2 aromatic carbocycles. The van der Waals surface area contributed by atoms with Crippen molar-refractivity contribution in [3.63, 3.8) is 0 Å². The standard InChI is InChI=1S/C27H32N4O8S2/c1-38-26(34)22(17-18-4-8-20(9-5-18)39-27(35)30-13-15-40-16-14-30)29-25(33)23-3-2-12-31(23)41(36,37)21-10-6-19(7-11-21)24(28)32/h4-11,22-23H,2-3,12-17H2,1H3,(H2,28,32)(H,29,33)/t22-,23-/m0/s1. The Labute approximate surface area is 242 Å². The molecule has 4 rings (SSSR count). The highest BCUT2D eigenvalue weighted by Crippen LogP contribution is 2.27. The lowest BCUT2D eigenvalue weighted by Gasteiger charge is -2.26. The number of nitrogens with one attached hydrogen (secondary N) is 1. The highest BCUT2D eigenvalue weighted by atomic mass is 32.2. The predicted molar refractivity (Wildman–Crippen MR) is 151 cm³/mol. The van der Waals surface area contributed by atoms with Crippen LogP contribution in [0.3, 0.4) is 0 Å². The maximum atomic E-state index is 13.3. The molecule has 12 nitrogen and oxygen atoms in total. The van der Waals surface area contributed by atoms with E-state index in [1.54, 1.807) is 40.9 Å². The number of carbonyl (C=O) groups is 4. The lowest BCUT2D eigenvalue weighted by molar-refractivity contribution is -0.145. The number of methoxy groups -OCH3 is 1. The van der Waals surface area contributed by atoms with E-state index in [1.807, 2.05) is 0 Å². The second-order valence-electron chi connectivity index (χ2n) is 9.56. The molecule has 2 fully saturated rings. The number of esters is 1. The van der Waals surface area contributed by atoms with Gasteiger partial charge in [-0.15, -0.1) is 0 Å². The molecule has 0 bridgehead atoms. The van der Waals surface area contributed by atoms with Crippen LogP contribution in [-0.4, -0.2) is 91.8 Å². The first-order chi connectivity index (χ1) is 19.6. The van der Waals surface area contributed by atoms with Gasteiger partial charge in [0.25, 0.3) is 0 Å². The maximum Gasteiger partial charge on any atom is 0.415 e. The van der Waals surface area contributed by atoms with E-state index >= 15 is 0 Å². The Balaban J connectivity index is 1.42. The first kappa shape index (κ1) is 30.3. The lowest BCUT2D eigenvalue weighted by Crippen LogP contribution is -2.51. The Kier molecular flexibility index (Phi) is 9.89. The molecule has 0 saturated carbocycles. The van der Waals surface area contributed by atoms with Gasteiger partial charge in [0, 0.05) is 43.1 Å². The number of amides is 3. The number of rotatable bonds is 9. The van der Waals surface area contributed by atoms with Gasteiger partial charge in [-0.1, -0.05) is 12.1 Å². The molecule has 2 aliphatic heterocycles. The molecule has 2 aromatic rings. The van der Waals surface area contributed by atoms with E-state index in [-0.39, 0.29) is 29.8 Å². The first-order valence-electron chi connectivity index (χ1n) is 13.0. The van der Waals surface area contributed by atoms with Crippen LogP contribution in [0.5, 0.6) is 5.75 Å². The van der Waals surface area contributed by atoms with Gasteiger partial charge in [0.1, 0.15) is 17.8 Å². The Bertz CT molecular complexity index is 1380. The molecule has 3 amide bonds. The molecule has 0 aromatic heterocycles. The van der Waals surface area contributed by atoms with E-state index in [4.69, 9.17) is 15.2 Å². The van der Waals surface area contributed by atoms with Crippen molar-refractivity contribution in [1.82, 2.24) is 14.5 Å². The number of sulfonamides is 1. The van der Waals surface area contributed by atoms with Gasteiger partial charge in [0.05, 0.1) is 12.0 Å².